The molecule has 0 amide bonds. The van der Waals surface area contributed by atoms with Crippen LogP contribution < -0.4 is 5.32 Å². The van der Waals surface area contributed by atoms with E-state index in [1.165, 1.54) is 4.88 Å². The Bertz CT molecular complexity index is 288. The van der Waals surface area contributed by atoms with Crippen molar-refractivity contribution in [2.45, 2.75) is 20.3 Å². The largest absolute Gasteiger partial charge is 0.380 e. The first-order chi connectivity index (χ1) is 7.68. The van der Waals surface area contributed by atoms with Crippen molar-refractivity contribution in [3.05, 3.63) is 21.3 Å². The minimum Gasteiger partial charge on any atom is -0.380 e. The third kappa shape index (κ3) is 6.48. The van der Waals surface area contributed by atoms with Gasteiger partial charge in [0.2, 0.25) is 0 Å². The molecular weight excluding hydrogens is 242 g/mol. The molecule has 0 unspecified atom stereocenters. The normalized spacial score (nSPS) is 11.2. The van der Waals surface area contributed by atoms with Crippen LogP contribution in [0.2, 0.25) is 4.34 Å². The van der Waals surface area contributed by atoms with Crippen LogP contribution in [0.5, 0.6) is 0 Å². The lowest BCUT2D eigenvalue weighted by Gasteiger charge is -2.07. The molecule has 2 nitrogen and oxygen atoms in total. The zero-order valence-corrected chi connectivity index (χ0v) is 11.5. The van der Waals surface area contributed by atoms with E-state index in [0.717, 1.165) is 37.1 Å². The molecular formula is C12H20ClNOS. The van der Waals surface area contributed by atoms with E-state index in [0.29, 0.717) is 5.92 Å². The van der Waals surface area contributed by atoms with E-state index in [-0.39, 0.29) is 0 Å². The van der Waals surface area contributed by atoms with Gasteiger partial charge in [0, 0.05) is 24.6 Å². The van der Waals surface area contributed by atoms with E-state index in [2.05, 4.69) is 25.2 Å². The van der Waals surface area contributed by atoms with Gasteiger partial charge in [0.15, 0.2) is 0 Å². The number of hydrogen-bond donors (Lipinski definition) is 1. The maximum Gasteiger partial charge on any atom is 0.0931 e. The number of hydrogen-bond acceptors (Lipinski definition) is 3. The van der Waals surface area contributed by atoms with Crippen molar-refractivity contribution in [2.75, 3.05) is 26.3 Å². The van der Waals surface area contributed by atoms with Gasteiger partial charge in [0.05, 0.1) is 10.9 Å². The maximum atomic E-state index is 5.85. The van der Waals surface area contributed by atoms with E-state index >= 15 is 0 Å². The van der Waals surface area contributed by atoms with Gasteiger partial charge in [-0.2, -0.15) is 0 Å². The van der Waals surface area contributed by atoms with Crippen LogP contribution in [0.15, 0.2) is 12.1 Å². The Kier molecular flexibility index (Phi) is 7.05. The SMILES string of the molecule is CC(C)COCCNCCc1ccc(Cl)s1. The second-order valence-electron chi connectivity index (χ2n) is 4.17. The summed E-state index contributed by atoms with van der Waals surface area (Å²) in [6.07, 6.45) is 1.04. The Hall–Kier alpha value is -0.0900. The van der Waals surface area contributed by atoms with Crippen molar-refractivity contribution < 1.29 is 4.74 Å². The van der Waals surface area contributed by atoms with Crippen LogP contribution >= 0.6 is 22.9 Å². The minimum atomic E-state index is 0.619. The van der Waals surface area contributed by atoms with Gasteiger partial charge in [0.1, 0.15) is 0 Å². The van der Waals surface area contributed by atoms with Gasteiger partial charge in [-0.3, -0.25) is 0 Å². The first kappa shape index (κ1) is 14.0. The lowest BCUT2D eigenvalue weighted by Crippen LogP contribution is -2.22. The molecule has 1 heterocycles. The molecule has 0 aromatic carbocycles. The fourth-order valence-electron chi connectivity index (χ4n) is 1.29. The minimum absolute atomic E-state index is 0.619. The Labute approximate surface area is 107 Å². The van der Waals surface area contributed by atoms with Gasteiger partial charge in [-0.1, -0.05) is 25.4 Å². The summed E-state index contributed by atoms with van der Waals surface area (Å²) in [5.74, 6) is 0.619. The fraction of sp³-hybridized carbons (Fsp3) is 0.667. The average Bonchev–Trinajstić information content (AvgIpc) is 2.62. The standard InChI is InChI=1S/C12H20ClNOS/c1-10(2)9-15-8-7-14-6-5-11-3-4-12(13)16-11/h3-4,10,14H,5-9H2,1-2H3. The van der Waals surface area contributed by atoms with Crippen LogP contribution in [0.3, 0.4) is 0 Å². The van der Waals surface area contributed by atoms with Gasteiger partial charge in [-0.15, -0.1) is 11.3 Å². The zero-order chi connectivity index (χ0) is 11.8. The van der Waals surface area contributed by atoms with E-state index < -0.39 is 0 Å². The fourth-order valence-corrected chi connectivity index (χ4v) is 2.37. The van der Waals surface area contributed by atoms with E-state index in [9.17, 15) is 0 Å². The predicted octanol–water partition coefficient (Wildman–Crippen LogP) is 3.21. The van der Waals surface area contributed by atoms with Crippen molar-refractivity contribution in [3.8, 4) is 0 Å². The van der Waals surface area contributed by atoms with Crippen LogP contribution in [-0.4, -0.2) is 26.3 Å². The van der Waals surface area contributed by atoms with Crippen molar-refractivity contribution in [2.24, 2.45) is 5.92 Å². The van der Waals surface area contributed by atoms with Crippen molar-refractivity contribution in [3.63, 3.8) is 0 Å². The molecule has 0 saturated carbocycles. The lowest BCUT2D eigenvalue weighted by molar-refractivity contribution is 0.112. The number of rotatable bonds is 8. The second-order valence-corrected chi connectivity index (χ2v) is 5.97. The Morgan fingerprint density at radius 1 is 1.38 bits per heavy atom. The highest BCUT2D eigenvalue weighted by Gasteiger charge is 1.97. The molecule has 16 heavy (non-hydrogen) atoms. The summed E-state index contributed by atoms with van der Waals surface area (Å²) in [7, 11) is 0. The Balaban J connectivity index is 1.92. The highest BCUT2D eigenvalue weighted by atomic mass is 35.5. The average molecular weight is 262 g/mol. The summed E-state index contributed by atoms with van der Waals surface area (Å²) in [4.78, 5) is 1.33. The number of thiophene rings is 1. The van der Waals surface area contributed by atoms with E-state index in [1.807, 2.05) is 6.07 Å². The molecule has 0 fully saturated rings. The Morgan fingerprint density at radius 3 is 2.81 bits per heavy atom. The number of ether oxygens (including phenoxy) is 1. The summed E-state index contributed by atoms with van der Waals surface area (Å²) in [6.45, 7) is 7.88. The lowest BCUT2D eigenvalue weighted by atomic mass is 10.2. The third-order valence-electron chi connectivity index (χ3n) is 2.05. The summed E-state index contributed by atoms with van der Waals surface area (Å²) in [5, 5.41) is 3.36. The summed E-state index contributed by atoms with van der Waals surface area (Å²) >= 11 is 7.50. The predicted molar refractivity (Wildman–Crippen MR) is 71.6 cm³/mol. The molecule has 0 aliphatic heterocycles. The van der Waals surface area contributed by atoms with Crippen LogP contribution in [0, 0.1) is 5.92 Å². The first-order valence-corrected chi connectivity index (χ1v) is 6.90. The number of halogens is 1. The highest BCUT2D eigenvalue weighted by molar-refractivity contribution is 7.16. The smallest absolute Gasteiger partial charge is 0.0931 e. The number of nitrogens with one attached hydrogen (secondary N) is 1. The van der Waals surface area contributed by atoms with E-state index in [1.54, 1.807) is 11.3 Å². The van der Waals surface area contributed by atoms with Crippen molar-refractivity contribution >= 4 is 22.9 Å². The van der Waals surface area contributed by atoms with Gasteiger partial charge in [-0.25, -0.2) is 0 Å². The summed E-state index contributed by atoms with van der Waals surface area (Å²) in [6, 6.07) is 4.04. The van der Waals surface area contributed by atoms with Gasteiger partial charge in [-0.05, 0) is 24.5 Å². The zero-order valence-electron chi connectivity index (χ0n) is 9.96. The maximum absolute atomic E-state index is 5.85. The molecule has 0 bridgehead atoms. The molecule has 0 saturated heterocycles. The van der Waals surface area contributed by atoms with Gasteiger partial charge in [0.25, 0.3) is 0 Å². The Morgan fingerprint density at radius 2 is 2.19 bits per heavy atom. The van der Waals surface area contributed by atoms with Crippen LogP contribution in [0.1, 0.15) is 18.7 Å². The topological polar surface area (TPSA) is 21.3 Å². The molecule has 1 rings (SSSR count). The van der Waals surface area contributed by atoms with Gasteiger partial charge < -0.3 is 10.1 Å². The molecule has 1 aromatic heterocycles. The molecule has 1 aromatic rings. The summed E-state index contributed by atoms with van der Waals surface area (Å²) < 4.78 is 6.34. The van der Waals surface area contributed by atoms with Crippen molar-refractivity contribution in [1.29, 1.82) is 0 Å². The molecule has 0 aliphatic rings. The van der Waals surface area contributed by atoms with E-state index in [4.69, 9.17) is 16.3 Å². The molecule has 0 spiro atoms. The second kappa shape index (κ2) is 8.07. The molecule has 4 heteroatoms. The quantitative estimate of drug-likeness (QED) is 0.726. The van der Waals surface area contributed by atoms with Crippen LogP contribution in [-0.2, 0) is 11.2 Å². The van der Waals surface area contributed by atoms with Crippen LogP contribution in [0.4, 0.5) is 0 Å². The molecule has 0 radical (unpaired) electrons. The monoisotopic (exact) mass is 261 g/mol. The molecule has 1 N–H and O–H groups in total. The summed E-state index contributed by atoms with van der Waals surface area (Å²) in [5.41, 5.74) is 0. The first-order valence-electron chi connectivity index (χ1n) is 5.71. The van der Waals surface area contributed by atoms with Crippen LogP contribution in [0.25, 0.3) is 0 Å². The van der Waals surface area contributed by atoms with Gasteiger partial charge >= 0.3 is 0 Å². The molecule has 0 aliphatic carbocycles. The third-order valence-corrected chi connectivity index (χ3v) is 3.34. The molecule has 0 atom stereocenters. The van der Waals surface area contributed by atoms with Crippen molar-refractivity contribution in [1.82, 2.24) is 5.32 Å². The molecule has 92 valence electrons. The highest BCUT2D eigenvalue weighted by Crippen LogP contribution is 2.21.